The van der Waals surface area contributed by atoms with Gasteiger partial charge in [0.25, 0.3) is 0 Å². The first-order valence-corrected chi connectivity index (χ1v) is 13.1. The number of rotatable bonds is 0. The van der Waals surface area contributed by atoms with E-state index in [-0.39, 0.29) is 37.7 Å². The van der Waals surface area contributed by atoms with Crippen molar-refractivity contribution in [3.05, 3.63) is 19.9 Å². The van der Waals surface area contributed by atoms with Crippen LogP contribution in [-0.2, 0) is 108 Å². The molecule has 24 heteroatoms. The molecule has 0 aromatic carbocycles. The molecule has 0 aliphatic carbocycles. The minimum atomic E-state index is 0. The number of aromatic nitrogens is 1. The molecule has 0 unspecified atom stereocenters. The number of hydrogen-bond acceptors (Lipinski definition) is 16. The minimum absolute atomic E-state index is 0. The summed E-state index contributed by atoms with van der Waals surface area (Å²) < 4.78 is 6.04. The summed E-state index contributed by atoms with van der Waals surface area (Å²) in [5.41, 5.74) is 32.6. The molecule has 0 saturated carbocycles. The van der Waals surface area contributed by atoms with E-state index in [2.05, 4.69) is 219 Å². The van der Waals surface area contributed by atoms with Crippen LogP contribution >= 0.6 is 85.5 Å². The van der Waals surface area contributed by atoms with Crippen molar-refractivity contribution in [3.63, 3.8) is 0 Å². The summed E-state index contributed by atoms with van der Waals surface area (Å²) in [6, 6.07) is 0. The second kappa shape index (κ2) is 47.8. The Morgan fingerprint density at radius 3 is 0.743 bits per heavy atom. The van der Waals surface area contributed by atoms with E-state index >= 15 is 0 Å². The monoisotopic (exact) mass is 822 g/mol. The second-order valence-corrected chi connectivity index (χ2v) is 11.9. The molecular weight excluding hydrogens is 805 g/mol. The standard InChI is InChI=1S/C3H2NO.7CH3NS2.C.Mo/c1-2-5-3-4-1;7*2-1(3)4;;/h1-2H;7*(H3,2,3,4);;/q;;;;;;;;+4;+3/p-7. The number of oxazole rings is 1. The van der Waals surface area contributed by atoms with E-state index in [9.17, 15) is 0 Å². The summed E-state index contributed by atoms with van der Waals surface area (Å²) in [4.78, 5) is 3.75. The maximum atomic E-state index is 4.73. The van der Waals surface area contributed by atoms with Crippen molar-refractivity contribution in [1.29, 1.82) is 0 Å². The van der Waals surface area contributed by atoms with Gasteiger partial charge in [-0.1, -0.05) is 30.2 Å². The Kier molecular flexibility index (Phi) is 76.5. The topological polar surface area (TPSA) is 208 Å². The number of nitrogens with two attached hydrogens (primary N) is 7. The van der Waals surface area contributed by atoms with E-state index in [0.717, 1.165) is 4.28 Å². The zero-order chi connectivity index (χ0) is 29.4. The predicted octanol–water partition coefficient (Wildman–Crippen LogP) is -1.63. The molecule has 0 aliphatic rings. The fraction of sp³-hybridized carbons (Fsp3) is 0. The van der Waals surface area contributed by atoms with Gasteiger partial charge in [0.2, 0.25) is 0 Å². The normalized spacial score (nSPS) is 6.26. The van der Waals surface area contributed by atoms with E-state index in [1.807, 2.05) is 0 Å². The summed E-state index contributed by atoms with van der Waals surface area (Å²) in [7, 11) is 0. The molecule has 0 aliphatic heterocycles. The summed E-state index contributed by atoms with van der Waals surface area (Å²) in [5, 5.41) is 0. The van der Waals surface area contributed by atoms with E-state index in [0.29, 0.717) is 0 Å². The Morgan fingerprint density at radius 2 is 0.714 bits per heavy atom. The van der Waals surface area contributed by atoms with Crippen molar-refractivity contribution in [1.82, 2.24) is 4.98 Å². The van der Waals surface area contributed by atoms with Gasteiger partial charge in [-0.15, -0.1) is 0 Å². The van der Waals surface area contributed by atoms with Crippen molar-refractivity contribution in [2.75, 3.05) is 0 Å². The molecule has 1 aromatic rings. The first-order valence-electron chi connectivity index (χ1n) is 6.34. The van der Waals surface area contributed by atoms with E-state index in [4.69, 9.17) is 4.42 Å². The summed E-state index contributed by atoms with van der Waals surface area (Å²) in [5.74, 6) is 0. The van der Waals surface area contributed by atoms with Crippen LogP contribution in [0.1, 0.15) is 0 Å². The Hall–Kier alpha value is 0.668. The number of thiocarbonyl (C=S) groups is 7. The van der Waals surface area contributed by atoms with E-state index in [1.54, 1.807) is 32.3 Å². The molecule has 1 aromatic heterocycles. The fourth-order valence-corrected chi connectivity index (χ4v) is 0.497. The molecule has 14 N–H and O–H groups in total. The first-order chi connectivity index (χ1) is 15.0. The van der Waals surface area contributed by atoms with Crippen LogP contribution in [0.2, 0.25) is 0 Å². The molecule has 0 fully saturated rings. The van der Waals surface area contributed by atoms with Gasteiger partial charge in [0.05, 0.1) is 0 Å². The van der Waals surface area contributed by atoms with Crippen LogP contribution in [0.5, 0.6) is 0 Å². The quantitative estimate of drug-likeness (QED) is 0.0891. The van der Waals surface area contributed by atoms with E-state index < -0.39 is 0 Å². The van der Waals surface area contributed by atoms with Crippen LogP contribution in [0.3, 0.4) is 0 Å². The molecule has 1 heterocycles. The number of nitrogens with zero attached hydrogens (tertiary/aromatic N) is 1. The second-order valence-electron chi connectivity index (χ2n) is 3.03. The molecule has 0 bridgehead atoms. The van der Waals surface area contributed by atoms with Crippen molar-refractivity contribution in [2.45, 2.75) is 0 Å². The van der Waals surface area contributed by atoms with Crippen molar-refractivity contribution in [2.24, 2.45) is 40.1 Å². The average molecular weight is 821 g/mol. The molecule has 35 heavy (non-hydrogen) atoms. The van der Waals surface area contributed by atoms with Crippen LogP contribution in [0, 0.1) is 7.43 Å². The summed E-state index contributed by atoms with van der Waals surface area (Å²) >= 11 is 59.6. The van der Waals surface area contributed by atoms with Crippen molar-refractivity contribution >= 4 is 208 Å². The van der Waals surface area contributed by atoms with Crippen LogP contribution in [0.15, 0.2) is 16.9 Å². The first kappa shape index (κ1) is 56.0. The molecule has 0 amide bonds. The fourth-order valence-electron chi connectivity index (χ4n) is 0.210. The Morgan fingerprint density at radius 1 is 0.571 bits per heavy atom. The molecule has 0 saturated heterocycles. The van der Waals surface area contributed by atoms with Crippen molar-refractivity contribution in [3.8, 4) is 0 Å². The maximum absolute atomic E-state index is 4.73. The molecule has 0 radical (unpaired) electrons. The Balaban J connectivity index is -0.0000000398. The third kappa shape index (κ3) is 629. The Labute approximate surface area is 293 Å². The molecule has 9 nitrogen and oxygen atoms in total. The van der Waals surface area contributed by atoms with Crippen LogP contribution in [0.4, 0.5) is 0 Å². The van der Waals surface area contributed by atoms with Gasteiger partial charge in [0.15, 0.2) is 0 Å². The molecule has 0 atom stereocenters. The van der Waals surface area contributed by atoms with Gasteiger partial charge in [-0.3, -0.25) is 0 Å². The van der Waals surface area contributed by atoms with Crippen LogP contribution in [-0.4, -0.2) is 35.2 Å². The van der Waals surface area contributed by atoms with Gasteiger partial charge in [-0.2, -0.15) is 0 Å². The van der Waals surface area contributed by atoms with Gasteiger partial charge in [0, 0.05) is 0 Å². The third-order valence-corrected chi connectivity index (χ3v) is 0.905. The van der Waals surface area contributed by atoms with Gasteiger partial charge in [0.1, 0.15) is 0 Å². The van der Waals surface area contributed by atoms with Gasteiger partial charge < -0.3 is 214 Å². The molecular formula is C11H16MoN8OS14. The number of hydrogen-bond donors (Lipinski definition) is 7. The van der Waals surface area contributed by atoms with Gasteiger partial charge in [-0.05, 0) is 0 Å². The third-order valence-electron chi connectivity index (χ3n) is 0.410. The summed E-state index contributed by atoms with van der Waals surface area (Å²) in [6.07, 6.45) is 3.18. The zero-order valence-corrected chi connectivity index (χ0v) is 30.1. The Bertz CT molecular complexity index is 546. The SMILES string of the molecule is NC(=S)[S-].NC(=S)[S-].NC(=S)[S-].NC(=S)[S-].NC(=S)[S-].NC(=S)[S-].NC(=S)[S-].[C+4].[Mo+3][c]1ncco1. The van der Waals surface area contributed by atoms with Crippen molar-refractivity contribution < 1.29 is 24.2 Å². The summed E-state index contributed by atoms with van der Waals surface area (Å²) in [6.45, 7) is 0. The van der Waals surface area contributed by atoms with Crippen LogP contribution in [0.25, 0.3) is 0 Å². The van der Waals surface area contributed by atoms with Gasteiger partial charge >= 0.3 is 53.4 Å². The molecule has 0 spiro atoms. The molecule has 196 valence electrons. The molecule has 1 rings (SSSR count). The average Bonchev–Trinajstić information content (AvgIpc) is 2.93. The van der Waals surface area contributed by atoms with Crippen LogP contribution < -0.4 is 44.4 Å². The van der Waals surface area contributed by atoms with Gasteiger partial charge in [-0.25, -0.2) is 0 Å². The zero-order valence-electron chi connectivity index (χ0n) is 16.7. The predicted molar refractivity (Wildman–Crippen MR) is 188 cm³/mol. The van der Waals surface area contributed by atoms with E-state index in [1.165, 1.54) is 0 Å².